The molecule has 5 nitrogen and oxygen atoms in total. The monoisotopic (exact) mass is 487 g/mol. The average Bonchev–Trinajstić information content (AvgIpc) is 3.12. The summed E-state index contributed by atoms with van der Waals surface area (Å²) in [5.41, 5.74) is 3.98. The van der Waals surface area contributed by atoms with Crippen molar-refractivity contribution >= 4 is 28.5 Å². The Hall–Kier alpha value is -3.57. The van der Waals surface area contributed by atoms with Crippen LogP contribution in [0.25, 0.3) is 11.0 Å². The molecular formula is C29H26ClNO4. The number of fused-ring (bicyclic) bond motifs is 2. The van der Waals surface area contributed by atoms with Gasteiger partial charge in [0.1, 0.15) is 11.3 Å². The topological polar surface area (TPSA) is 59.8 Å². The highest BCUT2D eigenvalue weighted by Gasteiger charge is 2.43. The lowest BCUT2D eigenvalue weighted by atomic mass is 9.97. The van der Waals surface area contributed by atoms with Crippen LogP contribution in [0, 0.1) is 13.8 Å². The molecule has 0 N–H and O–H groups in total. The number of carbonyl (C=O) groups is 1. The van der Waals surface area contributed by atoms with E-state index < -0.39 is 6.04 Å². The van der Waals surface area contributed by atoms with Gasteiger partial charge in [-0.15, -0.1) is 0 Å². The molecule has 0 saturated heterocycles. The summed E-state index contributed by atoms with van der Waals surface area (Å²) < 4.78 is 12.0. The van der Waals surface area contributed by atoms with Crippen molar-refractivity contribution < 1.29 is 13.9 Å². The van der Waals surface area contributed by atoms with E-state index in [4.69, 9.17) is 20.8 Å². The summed E-state index contributed by atoms with van der Waals surface area (Å²) >= 11 is 6.45. The molecule has 35 heavy (non-hydrogen) atoms. The second kappa shape index (κ2) is 9.23. The molecule has 1 aliphatic heterocycles. The summed E-state index contributed by atoms with van der Waals surface area (Å²) in [6.07, 6.45) is 0.877. The fraction of sp³-hybridized carbons (Fsp3) is 0.241. The van der Waals surface area contributed by atoms with Gasteiger partial charge in [0, 0.05) is 11.6 Å². The Morgan fingerprint density at radius 1 is 1.03 bits per heavy atom. The Morgan fingerprint density at radius 3 is 2.60 bits per heavy atom. The summed E-state index contributed by atoms with van der Waals surface area (Å²) in [5.74, 6) is 0.454. The van der Waals surface area contributed by atoms with Crippen LogP contribution in [0.15, 0.2) is 69.9 Å². The molecule has 0 fully saturated rings. The first-order chi connectivity index (χ1) is 16.9. The number of carbonyl (C=O) groups excluding carboxylic acids is 1. The molecule has 1 aromatic heterocycles. The van der Waals surface area contributed by atoms with Crippen molar-refractivity contribution in [1.82, 2.24) is 4.90 Å². The van der Waals surface area contributed by atoms with E-state index in [-0.39, 0.29) is 23.6 Å². The fourth-order valence-electron chi connectivity index (χ4n) is 4.79. The summed E-state index contributed by atoms with van der Waals surface area (Å²) in [6, 6.07) is 18.1. The Labute approximate surface area is 208 Å². The van der Waals surface area contributed by atoms with Crippen molar-refractivity contribution in [2.45, 2.75) is 39.8 Å². The maximum absolute atomic E-state index is 13.9. The lowest BCUT2D eigenvalue weighted by Gasteiger charge is -2.26. The van der Waals surface area contributed by atoms with Crippen LogP contribution in [0.2, 0.25) is 5.02 Å². The van der Waals surface area contributed by atoms with Gasteiger partial charge < -0.3 is 14.1 Å². The number of nitrogens with zero attached hydrogens (tertiary/aromatic N) is 1. The van der Waals surface area contributed by atoms with Crippen LogP contribution in [0.4, 0.5) is 0 Å². The third-order valence-electron chi connectivity index (χ3n) is 6.34. The number of hydrogen-bond donors (Lipinski definition) is 0. The van der Waals surface area contributed by atoms with Crippen LogP contribution < -0.4 is 10.2 Å². The highest BCUT2D eigenvalue weighted by molar-refractivity contribution is 6.31. The van der Waals surface area contributed by atoms with E-state index in [0.717, 1.165) is 28.7 Å². The molecule has 4 aromatic rings. The van der Waals surface area contributed by atoms with Crippen molar-refractivity contribution in [1.29, 1.82) is 0 Å². The number of aryl methyl sites for hydroxylation is 2. The van der Waals surface area contributed by atoms with Crippen molar-refractivity contribution in [2.75, 3.05) is 6.61 Å². The molecule has 1 unspecified atom stereocenters. The summed E-state index contributed by atoms with van der Waals surface area (Å²) in [5, 5.41) is 1.04. The number of rotatable bonds is 6. The molecule has 0 saturated carbocycles. The zero-order valence-corrected chi connectivity index (χ0v) is 20.7. The molecular weight excluding hydrogens is 462 g/mol. The smallest absolute Gasteiger partial charge is 0.291 e. The van der Waals surface area contributed by atoms with E-state index in [0.29, 0.717) is 33.9 Å². The molecule has 0 bridgehead atoms. The van der Waals surface area contributed by atoms with Crippen LogP contribution in [0.5, 0.6) is 5.75 Å². The van der Waals surface area contributed by atoms with E-state index in [1.807, 2.05) is 75.4 Å². The van der Waals surface area contributed by atoms with Gasteiger partial charge in [-0.3, -0.25) is 9.59 Å². The predicted octanol–water partition coefficient (Wildman–Crippen LogP) is 6.60. The lowest BCUT2D eigenvalue weighted by Crippen LogP contribution is -2.29. The zero-order chi connectivity index (χ0) is 24.7. The van der Waals surface area contributed by atoms with E-state index in [2.05, 4.69) is 0 Å². The average molecular weight is 488 g/mol. The van der Waals surface area contributed by atoms with E-state index >= 15 is 0 Å². The number of benzene rings is 3. The summed E-state index contributed by atoms with van der Waals surface area (Å²) in [7, 11) is 0. The van der Waals surface area contributed by atoms with E-state index in [1.165, 1.54) is 0 Å². The summed E-state index contributed by atoms with van der Waals surface area (Å²) in [4.78, 5) is 29.3. The van der Waals surface area contributed by atoms with Crippen LogP contribution in [-0.2, 0) is 6.54 Å². The van der Waals surface area contributed by atoms with Gasteiger partial charge in [-0.2, -0.15) is 0 Å². The first kappa shape index (κ1) is 23.2. The molecule has 1 amide bonds. The number of ether oxygens (including phenoxy) is 1. The van der Waals surface area contributed by atoms with Gasteiger partial charge in [-0.1, -0.05) is 54.9 Å². The van der Waals surface area contributed by atoms with Gasteiger partial charge in [-0.05, 0) is 66.8 Å². The minimum Gasteiger partial charge on any atom is -0.494 e. The fourth-order valence-corrected chi connectivity index (χ4v) is 4.98. The van der Waals surface area contributed by atoms with Crippen LogP contribution in [-0.4, -0.2) is 17.4 Å². The largest absolute Gasteiger partial charge is 0.494 e. The third kappa shape index (κ3) is 4.10. The molecule has 1 atom stereocenters. The normalized spacial score (nSPS) is 15.0. The van der Waals surface area contributed by atoms with Gasteiger partial charge in [0.2, 0.25) is 5.76 Å². The third-order valence-corrected chi connectivity index (χ3v) is 6.71. The Kier molecular flexibility index (Phi) is 6.12. The van der Waals surface area contributed by atoms with Gasteiger partial charge in [0.25, 0.3) is 5.91 Å². The first-order valence-corrected chi connectivity index (χ1v) is 12.1. The van der Waals surface area contributed by atoms with Crippen LogP contribution in [0.3, 0.4) is 0 Å². The maximum atomic E-state index is 13.9. The maximum Gasteiger partial charge on any atom is 0.291 e. The van der Waals surface area contributed by atoms with Gasteiger partial charge in [-0.25, -0.2) is 0 Å². The molecule has 0 radical (unpaired) electrons. The van der Waals surface area contributed by atoms with E-state index in [1.54, 1.807) is 11.0 Å². The molecule has 6 heteroatoms. The van der Waals surface area contributed by atoms with Crippen molar-refractivity contribution in [3.8, 4) is 5.75 Å². The minimum absolute atomic E-state index is 0.0892. The van der Waals surface area contributed by atoms with Crippen molar-refractivity contribution in [3.05, 3.63) is 109 Å². The van der Waals surface area contributed by atoms with Gasteiger partial charge >= 0.3 is 0 Å². The molecule has 5 rings (SSSR count). The molecule has 1 aliphatic rings. The van der Waals surface area contributed by atoms with Gasteiger partial charge in [0.05, 0.1) is 23.6 Å². The van der Waals surface area contributed by atoms with Crippen LogP contribution in [0.1, 0.15) is 57.8 Å². The molecule has 0 spiro atoms. The quantitative estimate of drug-likeness (QED) is 0.307. The Balaban J connectivity index is 1.73. The first-order valence-electron chi connectivity index (χ1n) is 11.7. The standard InChI is InChI=1S/C29H26ClNO4/c1-4-12-34-21-10-7-9-19(15-21)25-24-26(32)22-14-17(2)13-18(3)27(22)35-28(24)29(33)31(25)16-20-8-5-6-11-23(20)30/h5-11,13-15,25H,4,12,16H2,1-3H3. The van der Waals surface area contributed by atoms with Crippen LogP contribution >= 0.6 is 11.6 Å². The number of amides is 1. The highest BCUT2D eigenvalue weighted by atomic mass is 35.5. The van der Waals surface area contributed by atoms with Crippen molar-refractivity contribution in [2.24, 2.45) is 0 Å². The highest BCUT2D eigenvalue weighted by Crippen LogP contribution is 2.41. The van der Waals surface area contributed by atoms with Gasteiger partial charge in [0.15, 0.2) is 5.43 Å². The molecule has 0 aliphatic carbocycles. The number of halogens is 1. The lowest BCUT2D eigenvalue weighted by molar-refractivity contribution is 0.0714. The molecule has 3 aromatic carbocycles. The second-order valence-corrected chi connectivity index (χ2v) is 9.39. The second-order valence-electron chi connectivity index (χ2n) is 8.98. The summed E-state index contributed by atoms with van der Waals surface area (Å²) in [6.45, 7) is 6.69. The number of hydrogen-bond acceptors (Lipinski definition) is 4. The Bertz CT molecular complexity index is 1510. The van der Waals surface area contributed by atoms with Crippen molar-refractivity contribution in [3.63, 3.8) is 0 Å². The zero-order valence-electron chi connectivity index (χ0n) is 19.9. The molecule has 2 heterocycles. The van der Waals surface area contributed by atoms with E-state index in [9.17, 15) is 9.59 Å². The molecule has 178 valence electrons. The Morgan fingerprint density at radius 2 is 1.83 bits per heavy atom. The SMILES string of the molecule is CCCOc1cccc(C2c3c(oc4c(C)cc(C)cc4c3=O)C(=O)N2Cc2ccccc2Cl)c1. The predicted molar refractivity (Wildman–Crippen MR) is 137 cm³/mol. The minimum atomic E-state index is -0.625.